The minimum absolute atomic E-state index is 0.921. The van der Waals surface area contributed by atoms with Gasteiger partial charge in [-0.15, -0.1) is 0 Å². The van der Waals surface area contributed by atoms with Crippen LogP contribution in [0.15, 0.2) is 18.2 Å². The Labute approximate surface area is 129 Å². The Bertz CT molecular complexity index is 516. The fourth-order valence-electron chi connectivity index (χ4n) is 5.01. The summed E-state index contributed by atoms with van der Waals surface area (Å²) in [5.41, 5.74) is 4.27. The zero-order valence-electron chi connectivity index (χ0n) is 13.5. The van der Waals surface area contributed by atoms with Gasteiger partial charge in [0.05, 0.1) is 0 Å². The zero-order valence-corrected chi connectivity index (χ0v) is 13.5. The van der Waals surface area contributed by atoms with Gasteiger partial charge in [0.2, 0.25) is 0 Å². The highest BCUT2D eigenvalue weighted by Crippen LogP contribution is 2.46. The summed E-state index contributed by atoms with van der Waals surface area (Å²) in [7, 11) is 0. The average Bonchev–Trinajstić information content (AvgIpc) is 3.13. The van der Waals surface area contributed by atoms with Crippen LogP contribution in [0.2, 0.25) is 0 Å². The molecule has 1 aromatic carbocycles. The van der Waals surface area contributed by atoms with E-state index in [1.165, 1.54) is 68.7 Å². The third-order valence-electron chi connectivity index (χ3n) is 6.19. The van der Waals surface area contributed by atoms with E-state index in [2.05, 4.69) is 41.8 Å². The third kappa shape index (κ3) is 2.48. The molecule has 1 heterocycles. The summed E-state index contributed by atoms with van der Waals surface area (Å²) in [6.07, 6.45) is 6.05. The highest BCUT2D eigenvalue weighted by molar-refractivity contribution is 5.55. The summed E-state index contributed by atoms with van der Waals surface area (Å²) in [6.45, 7) is 9.39. The minimum atomic E-state index is 0.921. The van der Waals surface area contributed by atoms with Crippen molar-refractivity contribution < 1.29 is 0 Å². The molecule has 2 aliphatic carbocycles. The van der Waals surface area contributed by atoms with E-state index in [1.807, 2.05) is 0 Å². The Balaban J connectivity index is 1.41. The third-order valence-corrected chi connectivity index (χ3v) is 6.19. The van der Waals surface area contributed by atoms with Gasteiger partial charge in [-0.25, -0.2) is 0 Å². The van der Waals surface area contributed by atoms with Gasteiger partial charge < -0.3 is 4.90 Å². The SMILES string of the molecule is Cc1ccc(C)c(N2CCN([C@@H]3C[C@@H]4CC[C@@H]3C4)CC2)c1. The monoisotopic (exact) mass is 284 g/mol. The summed E-state index contributed by atoms with van der Waals surface area (Å²) < 4.78 is 0. The molecule has 0 unspecified atom stereocenters. The Morgan fingerprint density at radius 1 is 0.952 bits per heavy atom. The summed E-state index contributed by atoms with van der Waals surface area (Å²) >= 11 is 0. The lowest BCUT2D eigenvalue weighted by molar-refractivity contribution is 0.135. The van der Waals surface area contributed by atoms with Crippen LogP contribution in [0.25, 0.3) is 0 Å². The molecule has 2 heteroatoms. The maximum absolute atomic E-state index is 2.81. The standard InChI is InChI=1S/C19H28N2/c1-14-3-4-15(2)18(11-14)20-7-9-21(10-8-20)19-13-16-5-6-17(19)12-16/h3-4,11,16-17,19H,5-10,12-13H2,1-2H3/t16-,17-,19-/m1/s1. The summed E-state index contributed by atoms with van der Waals surface area (Å²) in [4.78, 5) is 5.41. The molecule has 114 valence electrons. The second-order valence-corrected chi connectivity index (χ2v) is 7.56. The van der Waals surface area contributed by atoms with Gasteiger partial charge in [-0.1, -0.05) is 18.6 Å². The van der Waals surface area contributed by atoms with Gasteiger partial charge in [-0.05, 0) is 62.1 Å². The van der Waals surface area contributed by atoms with Crippen LogP contribution < -0.4 is 4.90 Å². The van der Waals surface area contributed by atoms with Crippen molar-refractivity contribution in [3.63, 3.8) is 0 Å². The van der Waals surface area contributed by atoms with Crippen molar-refractivity contribution >= 4 is 5.69 Å². The fourth-order valence-corrected chi connectivity index (χ4v) is 5.01. The number of hydrogen-bond acceptors (Lipinski definition) is 2. The number of aryl methyl sites for hydroxylation is 2. The van der Waals surface area contributed by atoms with Crippen molar-refractivity contribution in [3.8, 4) is 0 Å². The maximum Gasteiger partial charge on any atom is 0.0399 e. The summed E-state index contributed by atoms with van der Waals surface area (Å²) in [6, 6.07) is 7.78. The van der Waals surface area contributed by atoms with Crippen molar-refractivity contribution in [1.29, 1.82) is 0 Å². The van der Waals surface area contributed by atoms with E-state index >= 15 is 0 Å². The molecule has 0 radical (unpaired) electrons. The molecule has 21 heavy (non-hydrogen) atoms. The van der Waals surface area contributed by atoms with Gasteiger partial charge in [-0.3, -0.25) is 4.90 Å². The highest BCUT2D eigenvalue weighted by atomic mass is 15.3. The van der Waals surface area contributed by atoms with Crippen molar-refractivity contribution in [2.45, 2.75) is 45.6 Å². The number of piperazine rings is 1. The van der Waals surface area contributed by atoms with E-state index in [0.29, 0.717) is 0 Å². The lowest BCUT2D eigenvalue weighted by Crippen LogP contribution is -2.51. The lowest BCUT2D eigenvalue weighted by atomic mass is 9.93. The predicted octanol–water partition coefficient (Wildman–Crippen LogP) is 3.61. The van der Waals surface area contributed by atoms with Crippen LogP contribution in [-0.2, 0) is 0 Å². The molecule has 4 rings (SSSR count). The van der Waals surface area contributed by atoms with Crippen LogP contribution >= 0.6 is 0 Å². The van der Waals surface area contributed by atoms with Crippen LogP contribution in [0, 0.1) is 25.7 Å². The molecule has 3 atom stereocenters. The predicted molar refractivity (Wildman–Crippen MR) is 88.9 cm³/mol. The molecule has 1 aromatic rings. The smallest absolute Gasteiger partial charge is 0.0399 e. The van der Waals surface area contributed by atoms with Crippen LogP contribution in [-0.4, -0.2) is 37.1 Å². The average molecular weight is 284 g/mol. The molecule has 0 amide bonds. The lowest BCUT2D eigenvalue weighted by Gasteiger charge is -2.42. The molecule has 2 saturated carbocycles. The molecular weight excluding hydrogens is 256 g/mol. The van der Waals surface area contributed by atoms with E-state index in [1.54, 1.807) is 0 Å². The first-order valence-electron chi connectivity index (χ1n) is 8.77. The van der Waals surface area contributed by atoms with E-state index in [9.17, 15) is 0 Å². The minimum Gasteiger partial charge on any atom is -0.369 e. The number of anilines is 1. The molecule has 3 aliphatic rings. The zero-order chi connectivity index (χ0) is 14.4. The quantitative estimate of drug-likeness (QED) is 0.818. The first-order chi connectivity index (χ1) is 10.2. The molecule has 0 aromatic heterocycles. The summed E-state index contributed by atoms with van der Waals surface area (Å²) in [5.74, 6) is 2.10. The van der Waals surface area contributed by atoms with Crippen molar-refractivity contribution in [2.75, 3.05) is 31.1 Å². The number of nitrogens with zero attached hydrogens (tertiary/aromatic N) is 2. The van der Waals surface area contributed by atoms with Crippen LogP contribution in [0.3, 0.4) is 0 Å². The topological polar surface area (TPSA) is 6.48 Å². The van der Waals surface area contributed by atoms with Gasteiger partial charge in [0.1, 0.15) is 0 Å². The Morgan fingerprint density at radius 3 is 2.43 bits per heavy atom. The van der Waals surface area contributed by atoms with Crippen molar-refractivity contribution in [1.82, 2.24) is 4.90 Å². The van der Waals surface area contributed by atoms with Gasteiger partial charge in [-0.2, -0.15) is 0 Å². The molecule has 0 N–H and O–H groups in total. The van der Waals surface area contributed by atoms with Crippen LogP contribution in [0.4, 0.5) is 5.69 Å². The first-order valence-corrected chi connectivity index (χ1v) is 8.77. The largest absolute Gasteiger partial charge is 0.369 e. The molecule has 3 fully saturated rings. The number of hydrogen-bond donors (Lipinski definition) is 0. The van der Waals surface area contributed by atoms with Crippen molar-refractivity contribution in [3.05, 3.63) is 29.3 Å². The normalized spacial score (nSPS) is 32.9. The Kier molecular flexibility index (Phi) is 3.45. The Morgan fingerprint density at radius 2 is 1.76 bits per heavy atom. The van der Waals surface area contributed by atoms with Crippen LogP contribution in [0.5, 0.6) is 0 Å². The van der Waals surface area contributed by atoms with Crippen molar-refractivity contribution in [2.24, 2.45) is 11.8 Å². The first kappa shape index (κ1) is 13.6. The maximum atomic E-state index is 2.81. The highest BCUT2D eigenvalue weighted by Gasteiger charge is 2.42. The molecule has 1 aliphatic heterocycles. The Hall–Kier alpha value is -1.02. The molecular formula is C19H28N2. The second kappa shape index (κ2) is 5.31. The van der Waals surface area contributed by atoms with Gasteiger partial charge in [0.25, 0.3) is 0 Å². The second-order valence-electron chi connectivity index (χ2n) is 7.56. The van der Waals surface area contributed by atoms with Gasteiger partial charge in [0.15, 0.2) is 0 Å². The molecule has 0 spiro atoms. The number of benzene rings is 1. The van der Waals surface area contributed by atoms with Gasteiger partial charge >= 0.3 is 0 Å². The molecule has 1 saturated heterocycles. The summed E-state index contributed by atoms with van der Waals surface area (Å²) in [5, 5.41) is 0. The number of rotatable bonds is 2. The van der Waals surface area contributed by atoms with E-state index in [4.69, 9.17) is 0 Å². The van der Waals surface area contributed by atoms with E-state index < -0.39 is 0 Å². The van der Waals surface area contributed by atoms with E-state index in [-0.39, 0.29) is 0 Å². The molecule has 2 nitrogen and oxygen atoms in total. The van der Waals surface area contributed by atoms with Crippen LogP contribution in [0.1, 0.15) is 36.8 Å². The van der Waals surface area contributed by atoms with Gasteiger partial charge in [0, 0.05) is 37.9 Å². The number of fused-ring (bicyclic) bond motifs is 2. The molecule has 2 bridgehead atoms. The fraction of sp³-hybridized carbons (Fsp3) is 0.684. The van der Waals surface area contributed by atoms with E-state index in [0.717, 1.165) is 17.9 Å².